The van der Waals surface area contributed by atoms with E-state index in [0.717, 1.165) is 24.8 Å². The van der Waals surface area contributed by atoms with Crippen LogP contribution in [0.4, 0.5) is 0 Å². The average molecular weight is 247 g/mol. The maximum atomic E-state index is 9.94. The van der Waals surface area contributed by atoms with Gasteiger partial charge in [0.25, 0.3) is 0 Å². The molecule has 1 aliphatic carbocycles. The summed E-state index contributed by atoms with van der Waals surface area (Å²) in [4.78, 5) is 4.62. The Morgan fingerprint density at radius 1 is 1.41 bits per heavy atom. The Hall–Kier alpha value is -0.930. The maximum absolute atomic E-state index is 9.94. The summed E-state index contributed by atoms with van der Waals surface area (Å²) < 4.78 is 1.25. The number of rotatable bonds is 3. The second-order valence-electron chi connectivity index (χ2n) is 5.41. The second-order valence-corrected chi connectivity index (χ2v) is 6.47. The van der Waals surface area contributed by atoms with Crippen LogP contribution in [0.15, 0.2) is 18.2 Å². The first kappa shape index (κ1) is 11.2. The fraction of sp³-hybridized carbons (Fsp3) is 0.500. The summed E-state index contributed by atoms with van der Waals surface area (Å²) in [6.07, 6.45) is 2.69. The Balaban J connectivity index is 1.94. The monoisotopic (exact) mass is 247 g/mol. The fourth-order valence-corrected chi connectivity index (χ4v) is 3.08. The molecule has 0 atom stereocenters. The number of hydrogen-bond donors (Lipinski definition) is 1. The van der Waals surface area contributed by atoms with Crippen molar-refractivity contribution in [2.75, 3.05) is 0 Å². The second kappa shape index (κ2) is 3.79. The highest BCUT2D eigenvalue weighted by molar-refractivity contribution is 7.18. The van der Waals surface area contributed by atoms with Crippen molar-refractivity contribution in [2.24, 2.45) is 0 Å². The molecule has 1 N–H and O–H groups in total. The molecular weight excluding hydrogens is 230 g/mol. The van der Waals surface area contributed by atoms with Crippen LogP contribution in [0.3, 0.4) is 0 Å². The third kappa shape index (κ3) is 2.22. The number of hydrogen-bond acceptors (Lipinski definition) is 3. The first-order valence-electron chi connectivity index (χ1n) is 6.17. The lowest BCUT2D eigenvalue weighted by atomic mass is 10.1. The third-order valence-electron chi connectivity index (χ3n) is 3.32. The zero-order chi connectivity index (χ0) is 12.0. The standard InChI is InChI=1S/C14H17NOS/c1-9(2)13-15-11-4-3-10(7-12(11)17-13)8-14(16)5-6-14/h3-4,7,9,16H,5-6,8H2,1-2H3. The zero-order valence-corrected chi connectivity index (χ0v) is 11.0. The highest BCUT2D eigenvalue weighted by Gasteiger charge is 2.40. The number of aliphatic hydroxyl groups is 1. The van der Waals surface area contributed by atoms with E-state index in [9.17, 15) is 5.11 Å². The van der Waals surface area contributed by atoms with Crippen molar-refractivity contribution in [3.8, 4) is 0 Å². The van der Waals surface area contributed by atoms with E-state index in [1.54, 1.807) is 11.3 Å². The molecule has 2 aromatic rings. The van der Waals surface area contributed by atoms with Gasteiger partial charge in [0.05, 0.1) is 20.8 Å². The van der Waals surface area contributed by atoms with Crippen LogP contribution >= 0.6 is 11.3 Å². The van der Waals surface area contributed by atoms with E-state index in [1.165, 1.54) is 15.3 Å². The lowest BCUT2D eigenvalue weighted by molar-refractivity contribution is 0.151. The van der Waals surface area contributed by atoms with Crippen molar-refractivity contribution >= 4 is 21.6 Å². The molecule has 1 aromatic carbocycles. The van der Waals surface area contributed by atoms with Crippen molar-refractivity contribution in [1.29, 1.82) is 0 Å². The van der Waals surface area contributed by atoms with Gasteiger partial charge in [0.1, 0.15) is 0 Å². The predicted octanol–water partition coefficient (Wildman–Crippen LogP) is 3.49. The van der Waals surface area contributed by atoms with Crippen LogP contribution in [0, 0.1) is 0 Å². The minimum Gasteiger partial charge on any atom is -0.390 e. The van der Waals surface area contributed by atoms with Crippen LogP contribution in [0.2, 0.25) is 0 Å². The third-order valence-corrected chi connectivity index (χ3v) is 4.64. The van der Waals surface area contributed by atoms with Gasteiger partial charge in [0.2, 0.25) is 0 Å². The number of nitrogens with zero attached hydrogens (tertiary/aromatic N) is 1. The van der Waals surface area contributed by atoms with E-state index >= 15 is 0 Å². The molecule has 1 aliphatic rings. The fourth-order valence-electron chi connectivity index (χ4n) is 2.04. The van der Waals surface area contributed by atoms with Gasteiger partial charge in [-0.25, -0.2) is 4.98 Å². The van der Waals surface area contributed by atoms with Crippen LogP contribution in [-0.2, 0) is 6.42 Å². The molecule has 1 aromatic heterocycles. The minimum absolute atomic E-state index is 0.404. The van der Waals surface area contributed by atoms with Gasteiger partial charge < -0.3 is 5.11 Å². The number of aromatic nitrogens is 1. The summed E-state index contributed by atoms with van der Waals surface area (Å²) in [6, 6.07) is 6.37. The summed E-state index contributed by atoms with van der Waals surface area (Å²) >= 11 is 1.77. The minimum atomic E-state index is -0.404. The summed E-state index contributed by atoms with van der Waals surface area (Å²) in [7, 11) is 0. The molecule has 3 heteroatoms. The quantitative estimate of drug-likeness (QED) is 0.900. The van der Waals surface area contributed by atoms with Crippen molar-refractivity contribution in [2.45, 2.75) is 44.6 Å². The summed E-state index contributed by atoms with van der Waals surface area (Å²) in [5.74, 6) is 0.489. The Morgan fingerprint density at radius 3 is 2.82 bits per heavy atom. The predicted molar refractivity (Wildman–Crippen MR) is 71.6 cm³/mol. The summed E-state index contributed by atoms with van der Waals surface area (Å²) in [6.45, 7) is 4.34. The van der Waals surface area contributed by atoms with E-state index in [4.69, 9.17) is 0 Å². The number of fused-ring (bicyclic) bond motifs is 1. The maximum Gasteiger partial charge on any atom is 0.0963 e. The van der Waals surface area contributed by atoms with E-state index in [1.807, 2.05) is 0 Å². The molecule has 1 saturated carbocycles. The average Bonchev–Trinajstić information content (AvgIpc) is 2.84. The highest BCUT2D eigenvalue weighted by Crippen LogP contribution is 2.39. The smallest absolute Gasteiger partial charge is 0.0963 e. The lowest BCUT2D eigenvalue weighted by Gasteiger charge is -2.06. The number of benzene rings is 1. The van der Waals surface area contributed by atoms with E-state index in [-0.39, 0.29) is 0 Å². The number of thiazole rings is 1. The van der Waals surface area contributed by atoms with Gasteiger partial charge in [-0.05, 0) is 30.5 Å². The molecule has 17 heavy (non-hydrogen) atoms. The van der Waals surface area contributed by atoms with Gasteiger partial charge in [-0.2, -0.15) is 0 Å². The molecule has 0 amide bonds. The summed E-state index contributed by atoms with van der Waals surface area (Å²) in [5.41, 5.74) is 1.92. The van der Waals surface area contributed by atoms with Crippen LogP contribution in [0.25, 0.3) is 10.2 Å². The van der Waals surface area contributed by atoms with Gasteiger partial charge in [-0.3, -0.25) is 0 Å². The Kier molecular flexibility index (Phi) is 2.49. The van der Waals surface area contributed by atoms with Crippen molar-refractivity contribution in [3.05, 3.63) is 28.8 Å². The molecule has 0 saturated heterocycles. The first-order valence-corrected chi connectivity index (χ1v) is 6.99. The van der Waals surface area contributed by atoms with Crippen LogP contribution in [-0.4, -0.2) is 15.7 Å². The van der Waals surface area contributed by atoms with Crippen LogP contribution < -0.4 is 0 Å². The molecule has 1 fully saturated rings. The van der Waals surface area contributed by atoms with E-state index < -0.39 is 5.60 Å². The zero-order valence-electron chi connectivity index (χ0n) is 10.2. The molecular formula is C14H17NOS. The van der Waals surface area contributed by atoms with Gasteiger partial charge in [-0.15, -0.1) is 11.3 Å². The molecule has 90 valence electrons. The lowest BCUT2D eigenvalue weighted by Crippen LogP contribution is -2.10. The Labute approximate surface area is 105 Å². The molecule has 0 bridgehead atoms. The molecule has 0 radical (unpaired) electrons. The highest BCUT2D eigenvalue weighted by atomic mass is 32.1. The van der Waals surface area contributed by atoms with Gasteiger partial charge >= 0.3 is 0 Å². The Bertz CT molecular complexity index is 554. The van der Waals surface area contributed by atoms with Crippen molar-refractivity contribution in [1.82, 2.24) is 4.98 Å². The van der Waals surface area contributed by atoms with Gasteiger partial charge in [0, 0.05) is 12.3 Å². The van der Waals surface area contributed by atoms with Crippen molar-refractivity contribution < 1.29 is 5.11 Å². The Morgan fingerprint density at radius 2 is 2.18 bits per heavy atom. The van der Waals surface area contributed by atoms with E-state index in [0.29, 0.717) is 5.92 Å². The molecule has 2 nitrogen and oxygen atoms in total. The van der Waals surface area contributed by atoms with Crippen molar-refractivity contribution in [3.63, 3.8) is 0 Å². The largest absolute Gasteiger partial charge is 0.390 e. The molecule has 3 rings (SSSR count). The van der Waals surface area contributed by atoms with Gasteiger partial charge in [0.15, 0.2) is 0 Å². The first-order chi connectivity index (χ1) is 8.06. The molecule has 0 spiro atoms. The molecule has 0 aliphatic heterocycles. The normalized spacial score (nSPS) is 17.9. The molecule has 1 heterocycles. The topological polar surface area (TPSA) is 33.1 Å². The van der Waals surface area contributed by atoms with E-state index in [2.05, 4.69) is 37.0 Å². The molecule has 0 unspecified atom stereocenters. The van der Waals surface area contributed by atoms with Crippen LogP contribution in [0.5, 0.6) is 0 Å². The SMILES string of the molecule is CC(C)c1nc2ccc(CC3(O)CC3)cc2s1. The van der Waals surface area contributed by atoms with Gasteiger partial charge in [-0.1, -0.05) is 19.9 Å². The van der Waals surface area contributed by atoms with Crippen LogP contribution in [0.1, 0.15) is 43.2 Å². The summed E-state index contributed by atoms with van der Waals surface area (Å²) in [5, 5.41) is 11.1.